The Hall–Kier alpha value is -1.51. The molecular formula is C13H16O3. The molecule has 0 saturated heterocycles. The smallest absolute Gasteiger partial charge is 0.347 e. The van der Waals surface area contributed by atoms with Crippen molar-refractivity contribution >= 4 is 5.97 Å². The summed E-state index contributed by atoms with van der Waals surface area (Å²) in [6.07, 6.45) is 1.29. The monoisotopic (exact) mass is 220 g/mol. The summed E-state index contributed by atoms with van der Waals surface area (Å²) in [7, 11) is 0. The lowest BCUT2D eigenvalue weighted by Crippen LogP contribution is -2.44. The second kappa shape index (κ2) is 3.51. The molecule has 3 heteroatoms. The lowest BCUT2D eigenvalue weighted by molar-refractivity contribution is -0.155. The molecule has 1 unspecified atom stereocenters. The normalized spacial score (nSPS) is 23.4. The first-order chi connectivity index (χ1) is 7.42. The zero-order valence-corrected chi connectivity index (χ0v) is 9.83. The van der Waals surface area contributed by atoms with Gasteiger partial charge in [-0.1, -0.05) is 17.7 Å². The van der Waals surface area contributed by atoms with E-state index in [0.717, 1.165) is 23.3 Å². The quantitative estimate of drug-likeness (QED) is 0.790. The lowest BCUT2D eigenvalue weighted by Gasteiger charge is -2.33. The average molecular weight is 220 g/mol. The zero-order valence-electron chi connectivity index (χ0n) is 9.83. The molecule has 0 spiro atoms. The minimum absolute atomic E-state index is 0.526. The number of aliphatic carboxylic acids is 1. The van der Waals surface area contributed by atoms with Crippen molar-refractivity contribution in [3.05, 3.63) is 28.8 Å². The third kappa shape index (κ3) is 1.66. The second-order valence-corrected chi connectivity index (χ2v) is 4.71. The van der Waals surface area contributed by atoms with E-state index in [1.165, 1.54) is 5.56 Å². The van der Waals surface area contributed by atoms with E-state index in [0.29, 0.717) is 6.42 Å². The molecule has 1 atom stereocenters. The number of hydrogen-bond donors (Lipinski definition) is 1. The van der Waals surface area contributed by atoms with Crippen molar-refractivity contribution in [2.24, 2.45) is 0 Å². The number of hydrogen-bond acceptors (Lipinski definition) is 2. The van der Waals surface area contributed by atoms with Crippen molar-refractivity contribution in [1.82, 2.24) is 0 Å². The maximum absolute atomic E-state index is 11.1. The lowest BCUT2D eigenvalue weighted by atomic mass is 9.90. The summed E-state index contributed by atoms with van der Waals surface area (Å²) in [6.45, 7) is 5.63. The third-order valence-corrected chi connectivity index (χ3v) is 3.15. The van der Waals surface area contributed by atoms with Crippen LogP contribution in [0.2, 0.25) is 0 Å². The fourth-order valence-corrected chi connectivity index (χ4v) is 2.17. The van der Waals surface area contributed by atoms with Crippen molar-refractivity contribution in [1.29, 1.82) is 0 Å². The minimum atomic E-state index is -1.08. The first-order valence-corrected chi connectivity index (χ1v) is 5.45. The van der Waals surface area contributed by atoms with Crippen molar-refractivity contribution in [2.75, 3.05) is 0 Å². The summed E-state index contributed by atoms with van der Waals surface area (Å²) in [5.74, 6) is -0.139. The van der Waals surface area contributed by atoms with Crippen molar-refractivity contribution < 1.29 is 14.6 Å². The van der Waals surface area contributed by atoms with E-state index < -0.39 is 11.6 Å². The Morgan fingerprint density at radius 1 is 1.44 bits per heavy atom. The molecule has 1 aromatic carbocycles. The largest absolute Gasteiger partial charge is 0.478 e. The second-order valence-electron chi connectivity index (χ2n) is 4.71. The molecule has 1 heterocycles. The fraction of sp³-hybridized carbons (Fsp3) is 0.462. The molecular weight excluding hydrogens is 204 g/mol. The highest BCUT2D eigenvalue weighted by molar-refractivity contribution is 5.78. The first-order valence-electron chi connectivity index (χ1n) is 5.45. The van der Waals surface area contributed by atoms with Crippen molar-refractivity contribution in [2.45, 2.75) is 39.2 Å². The molecule has 2 rings (SSSR count). The van der Waals surface area contributed by atoms with Crippen LogP contribution < -0.4 is 4.74 Å². The first kappa shape index (κ1) is 11.0. The van der Waals surface area contributed by atoms with Gasteiger partial charge in [0.1, 0.15) is 5.75 Å². The number of ether oxygens (including phenoxy) is 1. The van der Waals surface area contributed by atoms with E-state index in [-0.39, 0.29) is 0 Å². The van der Waals surface area contributed by atoms with Gasteiger partial charge < -0.3 is 9.84 Å². The summed E-state index contributed by atoms with van der Waals surface area (Å²) >= 11 is 0. The van der Waals surface area contributed by atoms with Gasteiger partial charge in [-0.05, 0) is 38.3 Å². The van der Waals surface area contributed by atoms with E-state index >= 15 is 0 Å². The SMILES string of the molecule is Cc1cc(C)c2c(c1)CCC(C)(C(=O)O)O2. The Labute approximate surface area is 95.0 Å². The summed E-state index contributed by atoms with van der Waals surface area (Å²) in [5, 5.41) is 9.14. The molecule has 3 nitrogen and oxygen atoms in total. The molecule has 0 radical (unpaired) electrons. The van der Waals surface area contributed by atoms with Gasteiger partial charge in [0.25, 0.3) is 0 Å². The zero-order chi connectivity index (χ0) is 11.9. The van der Waals surface area contributed by atoms with Crippen LogP contribution >= 0.6 is 0 Å². The van der Waals surface area contributed by atoms with Crippen LogP contribution in [0.15, 0.2) is 12.1 Å². The summed E-state index contributed by atoms with van der Waals surface area (Å²) < 4.78 is 5.67. The van der Waals surface area contributed by atoms with E-state index in [1.54, 1.807) is 6.92 Å². The number of rotatable bonds is 1. The molecule has 0 bridgehead atoms. The highest BCUT2D eigenvalue weighted by Gasteiger charge is 2.39. The van der Waals surface area contributed by atoms with Crippen LogP contribution in [-0.2, 0) is 11.2 Å². The molecule has 86 valence electrons. The summed E-state index contributed by atoms with van der Waals surface area (Å²) in [5.41, 5.74) is 2.25. The molecule has 16 heavy (non-hydrogen) atoms. The van der Waals surface area contributed by atoms with Gasteiger partial charge in [0.15, 0.2) is 0 Å². The van der Waals surface area contributed by atoms with Crippen LogP contribution in [0.25, 0.3) is 0 Å². The van der Waals surface area contributed by atoms with Crippen molar-refractivity contribution in [3.63, 3.8) is 0 Å². The van der Waals surface area contributed by atoms with E-state index in [2.05, 4.69) is 6.07 Å². The van der Waals surface area contributed by atoms with Crippen LogP contribution in [0.4, 0.5) is 0 Å². The Morgan fingerprint density at radius 2 is 2.12 bits per heavy atom. The van der Waals surface area contributed by atoms with Gasteiger partial charge in [0, 0.05) is 6.42 Å². The topological polar surface area (TPSA) is 46.5 Å². The molecule has 0 amide bonds. The number of carboxylic acids is 1. The van der Waals surface area contributed by atoms with E-state index in [1.807, 2.05) is 19.9 Å². The van der Waals surface area contributed by atoms with E-state index in [4.69, 9.17) is 9.84 Å². The maximum atomic E-state index is 11.1. The summed E-state index contributed by atoms with van der Waals surface area (Å²) in [4.78, 5) is 11.1. The Kier molecular flexibility index (Phi) is 2.41. The van der Waals surface area contributed by atoms with Gasteiger partial charge in [0.05, 0.1) is 0 Å². The standard InChI is InChI=1S/C13H16O3/c1-8-6-9(2)11-10(7-8)4-5-13(3,16-11)12(14)15/h6-7H,4-5H2,1-3H3,(H,14,15). The van der Waals surface area contributed by atoms with Crippen LogP contribution in [0.3, 0.4) is 0 Å². The molecule has 1 N–H and O–H groups in total. The Morgan fingerprint density at radius 3 is 2.75 bits per heavy atom. The van der Waals surface area contributed by atoms with Crippen LogP contribution in [-0.4, -0.2) is 16.7 Å². The van der Waals surface area contributed by atoms with Crippen LogP contribution in [0.5, 0.6) is 5.75 Å². The van der Waals surface area contributed by atoms with E-state index in [9.17, 15) is 4.79 Å². The third-order valence-electron chi connectivity index (χ3n) is 3.15. The minimum Gasteiger partial charge on any atom is -0.478 e. The van der Waals surface area contributed by atoms with Gasteiger partial charge >= 0.3 is 5.97 Å². The number of aryl methyl sites for hydroxylation is 3. The number of fused-ring (bicyclic) bond motifs is 1. The highest BCUT2D eigenvalue weighted by atomic mass is 16.5. The number of carboxylic acid groups (broad SMARTS) is 1. The summed E-state index contributed by atoms with van der Waals surface area (Å²) in [6, 6.07) is 4.09. The van der Waals surface area contributed by atoms with Crippen molar-refractivity contribution in [3.8, 4) is 5.75 Å². The molecule has 0 aromatic heterocycles. The molecule has 0 saturated carbocycles. The molecule has 1 aliphatic heterocycles. The maximum Gasteiger partial charge on any atom is 0.347 e. The average Bonchev–Trinajstić information content (AvgIpc) is 2.19. The Bertz CT molecular complexity index is 451. The van der Waals surface area contributed by atoms with Crippen LogP contribution in [0.1, 0.15) is 30.0 Å². The van der Waals surface area contributed by atoms with Gasteiger partial charge in [-0.2, -0.15) is 0 Å². The van der Waals surface area contributed by atoms with Gasteiger partial charge in [-0.25, -0.2) is 4.79 Å². The molecule has 0 fully saturated rings. The molecule has 0 aliphatic carbocycles. The van der Waals surface area contributed by atoms with Crippen LogP contribution in [0, 0.1) is 13.8 Å². The van der Waals surface area contributed by atoms with Gasteiger partial charge in [0.2, 0.25) is 5.60 Å². The highest BCUT2D eigenvalue weighted by Crippen LogP contribution is 2.36. The van der Waals surface area contributed by atoms with Gasteiger partial charge in [-0.15, -0.1) is 0 Å². The molecule has 1 aromatic rings. The fourth-order valence-electron chi connectivity index (χ4n) is 2.17. The predicted octanol–water partition coefficient (Wildman–Crippen LogP) is 2.47. The number of carbonyl (C=O) groups is 1. The molecule has 1 aliphatic rings. The Balaban J connectivity index is 2.45. The van der Waals surface area contributed by atoms with Gasteiger partial charge in [-0.3, -0.25) is 0 Å². The number of benzene rings is 1. The predicted molar refractivity (Wildman–Crippen MR) is 60.9 cm³/mol.